The monoisotopic (exact) mass is 1080 g/mol. The van der Waals surface area contributed by atoms with Crippen molar-refractivity contribution in [3.8, 4) is 33.8 Å². The molecular formula is C54H44ClN17O7. The molecule has 0 bridgehead atoms. The third kappa shape index (κ3) is 14.6. The standard InChI is InChI=1S/C19H16N6O3.C19H18N6O.C16H10ClN5O3/c26-18(13-10-20-19(21-11-13)22-14-6-7-14)24-17-16(25(27)28)9-8-15(23-17)12-4-2-1-3-5-12;20-15-8-9-16(12-4-2-1-3-5-12)24-17(15)25-18(26)13-10-21-19(22-11-13)23-14-6-7-14;17-16-18-8-11(9-19-16)15(23)21-14-13(22(24)25)7-6-12(20-14)10-4-2-1-3-5-10/h1-5,8-11,14H,6-7H2,(H,20,21,22)(H,23,24,26);1-5,8-11,14H,6-7,20H2,(H,21,22,23)(H,24,25,26);1-9H,(H,20,21,23). The van der Waals surface area contributed by atoms with E-state index in [-0.39, 0.29) is 45.3 Å². The van der Waals surface area contributed by atoms with Crippen LogP contribution in [0.3, 0.4) is 0 Å². The Morgan fingerprint density at radius 2 is 0.772 bits per heavy atom. The predicted molar refractivity (Wildman–Crippen MR) is 295 cm³/mol. The molecule has 24 nitrogen and oxygen atoms in total. The highest BCUT2D eigenvalue weighted by Crippen LogP contribution is 2.30. The number of nitrogens with two attached hydrogens (primary N) is 1. The van der Waals surface area contributed by atoms with Gasteiger partial charge in [0, 0.05) is 78.1 Å². The molecule has 3 aromatic carbocycles. The molecule has 79 heavy (non-hydrogen) atoms. The van der Waals surface area contributed by atoms with Crippen LogP contribution in [0.4, 0.5) is 46.4 Å². The fourth-order valence-corrected chi connectivity index (χ4v) is 7.19. The van der Waals surface area contributed by atoms with Crippen LogP contribution in [0.2, 0.25) is 5.28 Å². The number of aromatic nitrogens is 9. The van der Waals surface area contributed by atoms with Gasteiger partial charge in [0.1, 0.15) is 0 Å². The quantitative estimate of drug-likeness (QED) is 0.0316. The first kappa shape index (κ1) is 53.1. The number of rotatable bonds is 15. The molecule has 0 spiro atoms. The molecule has 3 amide bonds. The Hall–Kier alpha value is -10.8. The minimum Gasteiger partial charge on any atom is -0.396 e. The van der Waals surface area contributed by atoms with Gasteiger partial charge in [-0.1, -0.05) is 91.0 Å². The average Bonchev–Trinajstić information content (AvgIpc) is 4.47. The van der Waals surface area contributed by atoms with Gasteiger partial charge in [-0.2, -0.15) is 0 Å². The van der Waals surface area contributed by atoms with E-state index in [9.17, 15) is 34.6 Å². The van der Waals surface area contributed by atoms with Crippen molar-refractivity contribution in [1.29, 1.82) is 0 Å². The smallest absolute Gasteiger partial charge is 0.311 e. The maximum atomic E-state index is 12.5. The van der Waals surface area contributed by atoms with Crippen molar-refractivity contribution in [1.82, 2.24) is 44.9 Å². The number of amides is 3. The number of nitro groups is 2. The highest BCUT2D eigenvalue weighted by molar-refractivity contribution is 6.28. The Balaban J connectivity index is 0.000000144. The van der Waals surface area contributed by atoms with Crippen molar-refractivity contribution in [2.45, 2.75) is 37.8 Å². The second kappa shape index (κ2) is 24.7. The number of halogens is 1. The summed E-state index contributed by atoms with van der Waals surface area (Å²) in [4.78, 5) is 95.4. The van der Waals surface area contributed by atoms with Gasteiger partial charge in [-0.25, -0.2) is 44.9 Å². The first-order chi connectivity index (χ1) is 38.3. The molecule has 2 saturated carbocycles. The van der Waals surface area contributed by atoms with Gasteiger partial charge in [-0.05, 0) is 61.5 Å². The number of nitrogen functional groups attached to an aromatic ring is 1. The van der Waals surface area contributed by atoms with Crippen molar-refractivity contribution >= 4 is 75.7 Å². The zero-order chi connectivity index (χ0) is 55.3. The molecule has 0 unspecified atom stereocenters. The van der Waals surface area contributed by atoms with Gasteiger partial charge in [-0.15, -0.1) is 0 Å². The molecule has 2 aliphatic rings. The second-order valence-electron chi connectivity index (χ2n) is 17.4. The molecule has 0 radical (unpaired) electrons. The first-order valence-corrected chi connectivity index (χ1v) is 24.5. The molecule has 25 heteroatoms. The number of anilines is 6. The Kier molecular flexibility index (Phi) is 16.6. The Morgan fingerprint density at radius 3 is 1.11 bits per heavy atom. The zero-order valence-corrected chi connectivity index (χ0v) is 42.1. The lowest BCUT2D eigenvalue weighted by Gasteiger charge is -2.10. The van der Waals surface area contributed by atoms with E-state index in [1.165, 1.54) is 55.4 Å². The Morgan fingerprint density at radius 1 is 0.456 bits per heavy atom. The van der Waals surface area contributed by atoms with Crippen LogP contribution in [0.5, 0.6) is 0 Å². The van der Waals surface area contributed by atoms with Crippen molar-refractivity contribution in [3.63, 3.8) is 0 Å². The van der Waals surface area contributed by atoms with E-state index in [1.54, 1.807) is 12.1 Å². The molecule has 0 saturated heterocycles. The van der Waals surface area contributed by atoms with Crippen LogP contribution in [0.15, 0.2) is 165 Å². The van der Waals surface area contributed by atoms with E-state index in [1.807, 2.05) is 97.1 Å². The van der Waals surface area contributed by atoms with Gasteiger partial charge in [0.05, 0.1) is 49.3 Å². The van der Waals surface area contributed by atoms with Crippen molar-refractivity contribution in [2.24, 2.45) is 0 Å². The van der Waals surface area contributed by atoms with Crippen molar-refractivity contribution in [2.75, 3.05) is 32.3 Å². The number of pyridine rings is 3. The van der Waals surface area contributed by atoms with Crippen molar-refractivity contribution < 1.29 is 24.2 Å². The minimum absolute atomic E-state index is 0.00766. The summed E-state index contributed by atoms with van der Waals surface area (Å²) < 4.78 is 0. The molecule has 2 aliphatic carbocycles. The number of nitrogens with zero attached hydrogens (tertiary/aromatic N) is 11. The van der Waals surface area contributed by atoms with E-state index in [0.717, 1.165) is 48.1 Å². The number of benzene rings is 3. The van der Waals surface area contributed by atoms with Crippen LogP contribution in [-0.2, 0) is 0 Å². The molecule has 6 aromatic heterocycles. The highest BCUT2D eigenvalue weighted by atomic mass is 35.5. The summed E-state index contributed by atoms with van der Waals surface area (Å²) >= 11 is 5.58. The van der Waals surface area contributed by atoms with Crippen LogP contribution in [0.25, 0.3) is 33.8 Å². The Labute approximate surface area is 453 Å². The number of nitrogens with one attached hydrogen (secondary N) is 5. The van der Waals surface area contributed by atoms with Crippen LogP contribution >= 0.6 is 11.6 Å². The van der Waals surface area contributed by atoms with Gasteiger partial charge in [-0.3, -0.25) is 34.6 Å². The van der Waals surface area contributed by atoms with E-state index in [4.69, 9.17) is 17.3 Å². The third-order valence-corrected chi connectivity index (χ3v) is 11.7. The number of hydrogen-bond donors (Lipinski definition) is 6. The molecule has 6 heterocycles. The maximum absolute atomic E-state index is 12.5. The fraction of sp³-hybridized carbons (Fsp3) is 0.111. The molecule has 394 valence electrons. The van der Waals surface area contributed by atoms with Gasteiger partial charge < -0.3 is 32.3 Å². The molecule has 0 atom stereocenters. The van der Waals surface area contributed by atoms with Crippen LogP contribution in [-0.4, -0.2) is 84.5 Å². The maximum Gasteiger partial charge on any atom is 0.311 e. The summed E-state index contributed by atoms with van der Waals surface area (Å²) in [5, 5.41) is 36.5. The normalized spacial score (nSPS) is 12.2. The molecule has 2 fully saturated rings. The molecule has 9 aromatic rings. The summed E-state index contributed by atoms with van der Waals surface area (Å²) in [6.07, 6.45) is 12.6. The van der Waals surface area contributed by atoms with Gasteiger partial charge in [0.2, 0.25) is 28.8 Å². The summed E-state index contributed by atoms with van der Waals surface area (Å²) in [6, 6.07) is 38.1. The fourth-order valence-electron chi connectivity index (χ4n) is 7.09. The first-order valence-electron chi connectivity index (χ1n) is 24.2. The average molecular weight is 1080 g/mol. The predicted octanol–water partition coefficient (Wildman–Crippen LogP) is 9.57. The SMILES string of the molecule is Nc1ccc(-c2ccccc2)nc1NC(=O)c1cnc(NC2CC2)nc1.O=C(Nc1nc(-c2ccccc2)ccc1[N+](=O)[O-])c1cnc(Cl)nc1.O=C(Nc1nc(-c2ccccc2)ccc1[N+](=O)[O-])c1cnc(NC2CC2)nc1. The third-order valence-electron chi connectivity index (χ3n) is 11.5. The van der Waals surface area contributed by atoms with Crippen LogP contribution < -0.4 is 32.3 Å². The lowest BCUT2D eigenvalue weighted by Crippen LogP contribution is -2.16. The van der Waals surface area contributed by atoms with Gasteiger partial charge in [0.25, 0.3) is 17.7 Å². The molecule has 11 rings (SSSR count). The van der Waals surface area contributed by atoms with Gasteiger partial charge >= 0.3 is 11.4 Å². The lowest BCUT2D eigenvalue weighted by atomic mass is 10.1. The van der Waals surface area contributed by atoms with Crippen LogP contribution in [0.1, 0.15) is 56.8 Å². The van der Waals surface area contributed by atoms with E-state index in [2.05, 4.69) is 71.4 Å². The van der Waals surface area contributed by atoms with Crippen molar-refractivity contribution in [3.05, 3.63) is 207 Å². The minimum atomic E-state index is -0.627. The number of carbonyl (C=O) groups is 3. The van der Waals surface area contributed by atoms with Gasteiger partial charge in [0.15, 0.2) is 5.82 Å². The lowest BCUT2D eigenvalue weighted by molar-refractivity contribution is -0.384. The summed E-state index contributed by atoms with van der Waals surface area (Å²) in [5.74, 6) is -0.537. The number of carbonyl (C=O) groups excluding carboxylic acids is 3. The Bertz CT molecular complexity index is 3640. The summed E-state index contributed by atoms with van der Waals surface area (Å²) in [6.45, 7) is 0. The van der Waals surface area contributed by atoms with E-state index < -0.39 is 21.7 Å². The molecule has 7 N–H and O–H groups in total. The number of hydrogen-bond acceptors (Lipinski definition) is 19. The molecule has 0 aliphatic heterocycles. The summed E-state index contributed by atoms with van der Waals surface area (Å²) in [5.41, 5.74) is 10.6. The van der Waals surface area contributed by atoms with E-state index >= 15 is 0 Å². The van der Waals surface area contributed by atoms with E-state index in [0.29, 0.717) is 52.4 Å². The van der Waals surface area contributed by atoms with Crippen LogP contribution in [0, 0.1) is 20.2 Å². The molecular weight excluding hydrogens is 1030 g/mol. The summed E-state index contributed by atoms with van der Waals surface area (Å²) in [7, 11) is 0. The highest BCUT2D eigenvalue weighted by Gasteiger charge is 2.25. The second-order valence-corrected chi connectivity index (χ2v) is 17.7. The zero-order valence-electron chi connectivity index (χ0n) is 41.3. The topological polar surface area (TPSA) is 340 Å². The largest absolute Gasteiger partial charge is 0.396 e.